The van der Waals surface area contributed by atoms with E-state index in [9.17, 15) is 18.7 Å². The number of alkyl halides is 2. The van der Waals surface area contributed by atoms with Gasteiger partial charge in [-0.25, -0.2) is 9.50 Å². The van der Waals surface area contributed by atoms with Crippen LogP contribution in [0.2, 0.25) is 0 Å². The van der Waals surface area contributed by atoms with Crippen molar-refractivity contribution in [1.82, 2.24) is 29.3 Å². The van der Waals surface area contributed by atoms with E-state index >= 15 is 0 Å². The fourth-order valence-electron chi connectivity index (χ4n) is 3.89. The van der Waals surface area contributed by atoms with Crippen LogP contribution in [0.1, 0.15) is 11.8 Å². The summed E-state index contributed by atoms with van der Waals surface area (Å²) in [5, 5.41) is 25.6. The number of rotatable bonds is 9. The molecule has 1 unspecified atom stereocenters. The maximum Gasteiger partial charge on any atom is 0.387 e. The summed E-state index contributed by atoms with van der Waals surface area (Å²) in [6, 6.07) is 4.75. The molecule has 5 rings (SSSR count). The number of aromatic nitrogens is 5. The van der Waals surface area contributed by atoms with Crippen molar-refractivity contribution in [2.45, 2.75) is 24.3 Å². The first-order chi connectivity index (χ1) is 17.8. The summed E-state index contributed by atoms with van der Waals surface area (Å²) < 4.78 is 34.8. The van der Waals surface area contributed by atoms with Crippen molar-refractivity contribution in [2.75, 3.05) is 37.0 Å². The third-order valence-electron chi connectivity index (χ3n) is 5.62. The van der Waals surface area contributed by atoms with Crippen molar-refractivity contribution in [3.63, 3.8) is 0 Å². The van der Waals surface area contributed by atoms with Crippen LogP contribution in [-0.2, 0) is 11.3 Å². The van der Waals surface area contributed by atoms with Gasteiger partial charge in [-0.2, -0.15) is 19.0 Å². The summed E-state index contributed by atoms with van der Waals surface area (Å²) in [6.07, 6.45) is 5.28. The minimum Gasteiger partial charge on any atom is -0.434 e. The zero-order valence-corrected chi connectivity index (χ0v) is 20.7. The Hall–Kier alpha value is -3.75. The second-order valence-electron chi connectivity index (χ2n) is 8.55. The Morgan fingerprint density at radius 3 is 2.97 bits per heavy atom. The number of nitrogens with zero attached hydrogens (tertiary/aromatic N) is 6. The second kappa shape index (κ2) is 10.3. The maximum atomic E-state index is 13.4. The molecule has 37 heavy (non-hydrogen) atoms. The average molecular weight is 531 g/mol. The quantitative estimate of drug-likeness (QED) is 0.281. The largest absolute Gasteiger partial charge is 0.434 e. The Kier molecular flexibility index (Phi) is 6.95. The molecular weight excluding hydrogens is 506 g/mol. The number of aliphatic hydroxyl groups excluding tert-OH is 1. The van der Waals surface area contributed by atoms with Crippen molar-refractivity contribution in [2.24, 2.45) is 0 Å². The lowest BCUT2D eigenvalue weighted by molar-refractivity contribution is -0.113. The van der Waals surface area contributed by atoms with Crippen LogP contribution in [0.4, 0.5) is 20.2 Å². The van der Waals surface area contributed by atoms with Crippen molar-refractivity contribution in [3.8, 4) is 17.0 Å². The predicted octanol–water partition coefficient (Wildman–Crippen LogP) is 2.90. The Morgan fingerprint density at radius 1 is 1.35 bits per heavy atom. The van der Waals surface area contributed by atoms with Crippen molar-refractivity contribution in [3.05, 3.63) is 48.5 Å². The SMILES string of the molecule is CN(C)CCn1cc(NC(O)c2cnn3cccnc23)c(-c2cc3c(cc2OC(F)F)NC(=O)CS3)n1. The van der Waals surface area contributed by atoms with Gasteiger partial charge >= 0.3 is 6.61 Å². The van der Waals surface area contributed by atoms with Crippen LogP contribution in [0, 0.1) is 0 Å². The highest BCUT2D eigenvalue weighted by molar-refractivity contribution is 8.00. The van der Waals surface area contributed by atoms with Gasteiger partial charge in [-0.3, -0.25) is 9.48 Å². The molecule has 0 saturated carbocycles. The molecule has 0 bridgehead atoms. The molecule has 0 spiro atoms. The highest BCUT2D eigenvalue weighted by atomic mass is 32.2. The molecule has 1 atom stereocenters. The number of hydrogen-bond acceptors (Lipinski definition) is 9. The van der Waals surface area contributed by atoms with Gasteiger partial charge in [0.2, 0.25) is 5.91 Å². The molecule has 0 aliphatic carbocycles. The van der Waals surface area contributed by atoms with E-state index in [2.05, 4.69) is 25.8 Å². The van der Waals surface area contributed by atoms with Gasteiger partial charge in [0.15, 0.2) is 11.9 Å². The Balaban J connectivity index is 1.57. The molecular formula is C23H24F2N8O3S. The van der Waals surface area contributed by atoms with Gasteiger partial charge in [-0.15, -0.1) is 11.8 Å². The van der Waals surface area contributed by atoms with Crippen LogP contribution < -0.4 is 15.4 Å². The summed E-state index contributed by atoms with van der Waals surface area (Å²) in [5.41, 5.74) is 2.27. The number of amides is 1. The summed E-state index contributed by atoms with van der Waals surface area (Å²) in [5.74, 6) is -0.178. The molecule has 1 aromatic carbocycles. The molecule has 4 heterocycles. The molecule has 0 radical (unpaired) electrons. The van der Waals surface area contributed by atoms with E-state index in [0.29, 0.717) is 51.8 Å². The van der Waals surface area contributed by atoms with Crippen LogP contribution >= 0.6 is 11.8 Å². The van der Waals surface area contributed by atoms with Crippen LogP contribution in [0.25, 0.3) is 16.9 Å². The molecule has 11 nitrogen and oxygen atoms in total. The lowest BCUT2D eigenvalue weighted by Crippen LogP contribution is -2.19. The second-order valence-corrected chi connectivity index (χ2v) is 9.57. The predicted molar refractivity (Wildman–Crippen MR) is 134 cm³/mol. The third-order valence-corrected chi connectivity index (χ3v) is 6.67. The normalized spacial score (nSPS) is 14.2. The first-order valence-corrected chi connectivity index (χ1v) is 12.3. The van der Waals surface area contributed by atoms with Crippen LogP contribution in [-0.4, -0.2) is 73.3 Å². The number of nitrogens with one attached hydrogen (secondary N) is 2. The monoisotopic (exact) mass is 530 g/mol. The highest BCUT2D eigenvalue weighted by Crippen LogP contribution is 2.43. The zero-order valence-electron chi connectivity index (χ0n) is 19.9. The molecule has 14 heteroatoms. The van der Waals surface area contributed by atoms with Crippen molar-refractivity contribution < 1.29 is 23.4 Å². The van der Waals surface area contributed by atoms with Gasteiger partial charge in [0, 0.05) is 41.7 Å². The van der Waals surface area contributed by atoms with E-state index < -0.39 is 12.8 Å². The summed E-state index contributed by atoms with van der Waals surface area (Å²) in [6.45, 7) is -1.91. The number of carbonyl (C=O) groups is 1. The Labute approximate surface area is 214 Å². The standard InChI is InChI=1S/C23H24F2N8O3S/c1-31(2)6-7-32-11-16(29-22(35)14-10-27-33-5-3-4-26-21(14)33)20(30-32)13-8-18-15(28-19(34)12-37-18)9-17(13)36-23(24)25/h3-5,8-11,22-23,29,35H,6-7,12H2,1-2H3,(H,28,34). The fourth-order valence-corrected chi connectivity index (χ4v) is 4.72. The smallest absolute Gasteiger partial charge is 0.387 e. The van der Waals surface area contributed by atoms with E-state index in [1.165, 1.54) is 28.5 Å². The Morgan fingerprint density at radius 2 is 2.19 bits per heavy atom. The van der Waals surface area contributed by atoms with E-state index in [1.807, 2.05) is 19.0 Å². The molecule has 3 aromatic heterocycles. The third kappa shape index (κ3) is 5.35. The van der Waals surface area contributed by atoms with E-state index in [1.54, 1.807) is 35.4 Å². The molecule has 0 fully saturated rings. The lowest BCUT2D eigenvalue weighted by atomic mass is 10.1. The number of carbonyl (C=O) groups excluding carboxylic acids is 1. The van der Waals surface area contributed by atoms with Crippen LogP contribution in [0.5, 0.6) is 5.75 Å². The number of aliphatic hydroxyl groups is 1. The number of anilines is 2. The van der Waals surface area contributed by atoms with E-state index in [0.717, 1.165) is 0 Å². The van der Waals surface area contributed by atoms with Gasteiger partial charge < -0.3 is 25.4 Å². The summed E-state index contributed by atoms with van der Waals surface area (Å²) in [7, 11) is 3.85. The molecule has 194 valence electrons. The number of thioether (sulfide) groups is 1. The Bertz CT molecular complexity index is 1440. The van der Waals surface area contributed by atoms with Crippen molar-refractivity contribution in [1.29, 1.82) is 0 Å². The van der Waals surface area contributed by atoms with Crippen LogP contribution in [0.3, 0.4) is 0 Å². The molecule has 4 aromatic rings. The number of halogens is 2. The van der Waals surface area contributed by atoms with Gasteiger partial charge in [0.25, 0.3) is 0 Å². The maximum absolute atomic E-state index is 13.4. The molecule has 1 aliphatic rings. The number of fused-ring (bicyclic) bond motifs is 2. The molecule has 1 amide bonds. The number of hydrogen-bond donors (Lipinski definition) is 3. The van der Waals surface area contributed by atoms with Gasteiger partial charge in [-0.05, 0) is 26.2 Å². The lowest BCUT2D eigenvalue weighted by Gasteiger charge is -2.20. The van der Waals surface area contributed by atoms with Gasteiger partial charge in [0.1, 0.15) is 11.4 Å². The summed E-state index contributed by atoms with van der Waals surface area (Å²) in [4.78, 5) is 18.8. The topological polar surface area (TPSA) is 122 Å². The van der Waals surface area contributed by atoms with Crippen molar-refractivity contribution >= 4 is 34.7 Å². The van der Waals surface area contributed by atoms with Gasteiger partial charge in [-0.1, -0.05) is 0 Å². The summed E-state index contributed by atoms with van der Waals surface area (Å²) >= 11 is 1.29. The molecule has 1 aliphatic heterocycles. The molecule has 0 saturated heterocycles. The van der Waals surface area contributed by atoms with Crippen LogP contribution in [0.15, 0.2) is 47.9 Å². The number of ether oxygens (including phenoxy) is 1. The zero-order chi connectivity index (χ0) is 26.1. The highest BCUT2D eigenvalue weighted by Gasteiger charge is 2.25. The first-order valence-electron chi connectivity index (χ1n) is 11.3. The first kappa shape index (κ1) is 24.9. The molecule has 3 N–H and O–H groups in total. The van der Waals surface area contributed by atoms with E-state index in [4.69, 9.17) is 4.74 Å². The van der Waals surface area contributed by atoms with Gasteiger partial charge in [0.05, 0.1) is 35.4 Å². The minimum absolute atomic E-state index is 0.149. The fraction of sp³-hybridized carbons (Fsp3) is 0.304. The minimum atomic E-state index is -3.09. The van der Waals surface area contributed by atoms with E-state index in [-0.39, 0.29) is 17.4 Å². The number of likely N-dealkylation sites (N-methyl/N-ethyl adjacent to an activating group) is 1. The average Bonchev–Trinajstić information content (AvgIpc) is 3.46. The number of benzene rings is 1.